The lowest BCUT2D eigenvalue weighted by molar-refractivity contribution is -0.118. The second-order valence-electron chi connectivity index (χ2n) is 8.43. The van der Waals surface area contributed by atoms with Crippen LogP contribution in [0.5, 0.6) is 0 Å². The van der Waals surface area contributed by atoms with Crippen LogP contribution >= 0.6 is 23.7 Å². The van der Waals surface area contributed by atoms with Gasteiger partial charge in [-0.2, -0.15) is 0 Å². The average molecular weight is 474 g/mol. The summed E-state index contributed by atoms with van der Waals surface area (Å²) in [5.74, 6) is 0.117. The van der Waals surface area contributed by atoms with Gasteiger partial charge in [0.2, 0.25) is 5.91 Å². The summed E-state index contributed by atoms with van der Waals surface area (Å²) in [6.45, 7) is 11.4. The van der Waals surface area contributed by atoms with Gasteiger partial charge in [-0.1, -0.05) is 41.2 Å². The Balaban J connectivity index is 0.00000289. The number of nitrogens with zero attached hydrogens (tertiary/aromatic N) is 3. The van der Waals surface area contributed by atoms with Crippen molar-refractivity contribution in [1.29, 1.82) is 0 Å². The van der Waals surface area contributed by atoms with E-state index in [9.17, 15) is 4.79 Å². The Morgan fingerprint density at radius 3 is 2.59 bits per heavy atom. The number of hydrogen-bond donors (Lipinski definition) is 0. The quantitative estimate of drug-likeness (QED) is 0.487. The molecule has 0 N–H and O–H groups in total. The van der Waals surface area contributed by atoms with Crippen molar-refractivity contribution >= 4 is 45.0 Å². The van der Waals surface area contributed by atoms with Crippen molar-refractivity contribution in [2.75, 3.05) is 44.3 Å². The van der Waals surface area contributed by atoms with Crippen LogP contribution in [0.4, 0.5) is 5.13 Å². The molecule has 1 aromatic heterocycles. The predicted molar refractivity (Wildman–Crippen MR) is 135 cm³/mol. The minimum absolute atomic E-state index is 0. The van der Waals surface area contributed by atoms with E-state index in [1.54, 1.807) is 11.3 Å². The molecule has 0 radical (unpaired) electrons. The lowest BCUT2D eigenvalue weighted by Crippen LogP contribution is -2.39. The lowest BCUT2D eigenvalue weighted by atomic mass is 10.0. The van der Waals surface area contributed by atoms with E-state index < -0.39 is 0 Å². The molecule has 1 fully saturated rings. The number of anilines is 1. The van der Waals surface area contributed by atoms with E-state index in [-0.39, 0.29) is 18.3 Å². The van der Waals surface area contributed by atoms with E-state index >= 15 is 0 Å². The van der Waals surface area contributed by atoms with Crippen molar-refractivity contribution in [3.63, 3.8) is 0 Å². The molecule has 0 spiro atoms. The van der Waals surface area contributed by atoms with Crippen molar-refractivity contribution in [1.82, 2.24) is 9.88 Å². The minimum Gasteiger partial charge on any atom is -0.379 e. The third kappa shape index (κ3) is 6.07. The smallest absolute Gasteiger partial charge is 0.233 e. The number of halogens is 1. The highest BCUT2D eigenvalue weighted by Crippen LogP contribution is 2.30. The minimum atomic E-state index is 0. The summed E-state index contributed by atoms with van der Waals surface area (Å²) in [7, 11) is 0. The van der Waals surface area contributed by atoms with E-state index in [0.29, 0.717) is 13.0 Å². The number of aryl methyl sites for hydroxylation is 3. The van der Waals surface area contributed by atoms with Crippen LogP contribution in [0.15, 0.2) is 36.4 Å². The van der Waals surface area contributed by atoms with Crippen LogP contribution in [0.25, 0.3) is 10.2 Å². The molecule has 172 valence electrons. The number of carbonyl (C=O) groups excluding carboxylic acids is 1. The fourth-order valence-electron chi connectivity index (χ4n) is 3.99. The molecule has 4 rings (SSSR count). The Bertz CT molecular complexity index is 1060. The number of benzene rings is 2. The van der Waals surface area contributed by atoms with Gasteiger partial charge in [0.05, 0.1) is 29.9 Å². The van der Waals surface area contributed by atoms with Gasteiger partial charge in [-0.25, -0.2) is 4.98 Å². The zero-order chi connectivity index (χ0) is 21.8. The highest BCUT2D eigenvalue weighted by Gasteiger charge is 2.21. The van der Waals surface area contributed by atoms with Crippen molar-refractivity contribution in [3.05, 3.63) is 58.7 Å². The molecule has 0 saturated carbocycles. The van der Waals surface area contributed by atoms with E-state index in [2.05, 4.69) is 56.0 Å². The third-order valence-corrected chi connectivity index (χ3v) is 6.91. The third-order valence-electron chi connectivity index (χ3n) is 5.87. The Kier molecular flexibility index (Phi) is 8.65. The number of carbonyl (C=O) groups is 1. The molecule has 3 aromatic rings. The van der Waals surface area contributed by atoms with Crippen LogP contribution < -0.4 is 4.90 Å². The molecule has 32 heavy (non-hydrogen) atoms. The number of aromatic nitrogens is 1. The van der Waals surface area contributed by atoms with Crippen LogP contribution in [0, 0.1) is 20.8 Å². The molecule has 5 nitrogen and oxygen atoms in total. The van der Waals surface area contributed by atoms with Gasteiger partial charge < -0.3 is 4.74 Å². The summed E-state index contributed by atoms with van der Waals surface area (Å²) in [6.07, 6.45) is 1.33. The van der Waals surface area contributed by atoms with Crippen molar-refractivity contribution in [2.24, 2.45) is 0 Å². The second-order valence-corrected chi connectivity index (χ2v) is 9.44. The molecule has 1 saturated heterocycles. The first-order chi connectivity index (χ1) is 15.0. The maximum atomic E-state index is 13.5. The Labute approximate surface area is 200 Å². The highest BCUT2D eigenvalue weighted by molar-refractivity contribution is 7.22. The summed E-state index contributed by atoms with van der Waals surface area (Å²) < 4.78 is 6.58. The molecule has 1 amide bonds. The van der Waals surface area contributed by atoms with Crippen LogP contribution in [0.3, 0.4) is 0 Å². The summed E-state index contributed by atoms with van der Waals surface area (Å²) in [4.78, 5) is 22.6. The van der Waals surface area contributed by atoms with Crippen molar-refractivity contribution < 1.29 is 9.53 Å². The van der Waals surface area contributed by atoms with Crippen LogP contribution in [-0.2, 0) is 16.0 Å². The first-order valence-electron chi connectivity index (χ1n) is 11.0. The molecule has 7 heteroatoms. The van der Waals surface area contributed by atoms with Gasteiger partial charge in [0.15, 0.2) is 5.13 Å². The van der Waals surface area contributed by atoms with Gasteiger partial charge in [0.1, 0.15) is 0 Å². The van der Waals surface area contributed by atoms with Crippen LogP contribution in [-0.4, -0.2) is 55.2 Å². The summed E-state index contributed by atoms with van der Waals surface area (Å²) in [5.41, 5.74) is 5.61. The van der Waals surface area contributed by atoms with Gasteiger partial charge in [-0.15, -0.1) is 12.4 Å². The van der Waals surface area contributed by atoms with Crippen LogP contribution in [0.2, 0.25) is 0 Å². The van der Waals surface area contributed by atoms with E-state index in [4.69, 9.17) is 9.72 Å². The highest BCUT2D eigenvalue weighted by atomic mass is 35.5. The molecule has 0 bridgehead atoms. The molecular formula is C25H32ClN3O2S. The Morgan fingerprint density at radius 1 is 1.09 bits per heavy atom. The first-order valence-corrected chi connectivity index (χ1v) is 11.8. The standard InChI is InChI=1S/C25H31N3O2S.ClH/c1-18-5-7-20(3)21(15-18)17-24(29)28(10-4-9-27-11-13-30-14-12-27)25-26-22-8-6-19(2)16-23(22)31-25;/h5-8,15-16H,4,9-14,17H2,1-3H3;1H. The topological polar surface area (TPSA) is 45.7 Å². The van der Waals surface area contributed by atoms with Gasteiger partial charge in [0, 0.05) is 26.2 Å². The van der Waals surface area contributed by atoms with Crippen LogP contribution in [0.1, 0.15) is 28.7 Å². The van der Waals surface area contributed by atoms with Gasteiger partial charge in [-0.3, -0.25) is 14.6 Å². The largest absolute Gasteiger partial charge is 0.379 e. The first kappa shape index (κ1) is 24.6. The monoisotopic (exact) mass is 473 g/mol. The second kappa shape index (κ2) is 11.2. The van der Waals surface area contributed by atoms with E-state index in [1.807, 2.05) is 11.0 Å². The molecule has 0 atom stereocenters. The molecule has 1 aliphatic heterocycles. The normalized spacial score (nSPS) is 14.3. The summed E-state index contributed by atoms with van der Waals surface area (Å²) in [6, 6.07) is 12.6. The number of fused-ring (bicyclic) bond motifs is 1. The van der Waals surface area contributed by atoms with Gasteiger partial charge in [-0.05, 0) is 56.0 Å². The maximum absolute atomic E-state index is 13.5. The Morgan fingerprint density at radius 2 is 1.81 bits per heavy atom. The van der Waals surface area contributed by atoms with Crippen molar-refractivity contribution in [2.45, 2.75) is 33.6 Å². The average Bonchev–Trinajstić information content (AvgIpc) is 3.17. The zero-order valence-corrected chi connectivity index (χ0v) is 20.7. The summed E-state index contributed by atoms with van der Waals surface area (Å²) >= 11 is 1.61. The number of hydrogen-bond acceptors (Lipinski definition) is 5. The van der Waals surface area contributed by atoms with E-state index in [1.165, 1.54) is 11.1 Å². The number of ether oxygens (including phenoxy) is 1. The number of thiazole rings is 1. The number of rotatable bonds is 7. The van der Waals surface area contributed by atoms with Gasteiger partial charge in [0.25, 0.3) is 0 Å². The summed E-state index contributed by atoms with van der Waals surface area (Å²) in [5, 5.41) is 0.804. The molecule has 0 unspecified atom stereocenters. The Hall–Kier alpha value is -1.99. The lowest BCUT2D eigenvalue weighted by Gasteiger charge is -2.27. The molecule has 2 heterocycles. The van der Waals surface area contributed by atoms with Gasteiger partial charge >= 0.3 is 0 Å². The molecule has 0 aliphatic carbocycles. The number of morpholine rings is 1. The maximum Gasteiger partial charge on any atom is 0.233 e. The molecular weight excluding hydrogens is 442 g/mol. The predicted octanol–water partition coefficient (Wildman–Crippen LogP) is 4.94. The SMILES string of the molecule is Cc1ccc(C)c(CC(=O)N(CCCN2CCOCC2)c2nc3ccc(C)cc3s2)c1.Cl. The molecule has 1 aliphatic rings. The van der Waals surface area contributed by atoms with E-state index in [0.717, 1.165) is 65.7 Å². The zero-order valence-electron chi connectivity index (χ0n) is 19.1. The fourth-order valence-corrected chi connectivity index (χ4v) is 5.10. The van der Waals surface area contributed by atoms with Crippen molar-refractivity contribution in [3.8, 4) is 0 Å². The number of amides is 1. The fraction of sp³-hybridized carbons (Fsp3) is 0.440. The molecule has 2 aromatic carbocycles.